The van der Waals surface area contributed by atoms with Crippen molar-refractivity contribution in [1.29, 1.82) is 0 Å². The molecule has 1 heterocycles. The first-order valence-corrected chi connectivity index (χ1v) is 6.11. The van der Waals surface area contributed by atoms with E-state index in [9.17, 15) is 9.59 Å². The first kappa shape index (κ1) is 14.9. The Morgan fingerprint density at radius 1 is 1.32 bits per heavy atom. The number of nitrogens with zero attached hydrogens (tertiary/aromatic N) is 2. The molecule has 0 radical (unpaired) electrons. The Bertz CT molecular complexity index is 440. The van der Waals surface area contributed by atoms with Gasteiger partial charge >= 0.3 is 0 Å². The zero-order chi connectivity index (χ0) is 14.4. The van der Waals surface area contributed by atoms with E-state index in [2.05, 4.69) is 15.6 Å². The fraction of sp³-hybridized carbons (Fsp3) is 0.462. The maximum atomic E-state index is 11.6. The van der Waals surface area contributed by atoms with Crippen molar-refractivity contribution in [3.63, 3.8) is 0 Å². The van der Waals surface area contributed by atoms with Gasteiger partial charge in [-0.1, -0.05) is 0 Å². The molecule has 0 saturated carbocycles. The Morgan fingerprint density at radius 2 is 2.00 bits per heavy atom. The number of amides is 2. The highest BCUT2D eigenvalue weighted by molar-refractivity contribution is 5.93. The summed E-state index contributed by atoms with van der Waals surface area (Å²) in [6.45, 7) is 3.96. The van der Waals surface area contributed by atoms with Crippen molar-refractivity contribution in [3.8, 4) is 0 Å². The molecule has 1 aromatic heterocycles. The van der Waals surface area contributed by atoms with Gasteiger partial charge in [-0.15, -0.1) is 0 Å². The van der Waals surface area contributed by atoms with E-state index < -0.39 is 0 Å². The van der Waals surface area contributed by atoms with E-state index in [-0.39, 0.29) is 24.4 Å². The van der Waals surface area contributed by atoms with Gasteiger partial charge < -0.3 is 15.5 Å². The third kappa shape index (κ3) is 4.95. The highest BCUT2D eigenvalue weighted by atomic mass is 16.2. The molecule has 104 valence electrons. The van der Waals surface area contributed by atoms with Crippen molar-refractivity contribution < 1.29 is 9.59 Å². The van der Waals surface area contributed by atoms with Crippen molar-refractivity contribution in [1.82, 2.24) is 15.2 Å². The SMILES string of the molecule is CC(C)NC(=O)CNc1ccc(C(=O)N(C)C)cn1. The maximum absolute atomic E-state index is 11.6. The van der Waals surface area contributed by atoms with E-state index in [1.54, 1.807) is 26.2 Å². The Kier molecular flexibility index (Phi) is 5.29. The Hall–Kier alpha value is -2.11. The van der Waals surface area contributed by atoms with Gasteiger partial charge in [0.15, 0.2) is 0 Å². The lowest BCUT2D eigenvalue weighted by Crippen LogP contribution is -2.34. The molecule has 0 unspecified atom stereocenters. The maximum Gasteiger partial charge on any atom is 0.254 e. The molecule has 1 aromatic rings. The number of carbonyl (C=O) groups is 2. The van der Waals surface area contributed by atoms with Crippen LogP contribution in [0.2, 0.25) is 0 Å². The van der Waals surface area contributed by atoms with Gasteiger partial charge in [0.1, 0.15) is 5.82 Å². The molecule has 6 heteroatoms. The fourth-order valence-electron chi connectivity index (χ4n) is 1.43. The summed E-state index contributed by atoms with van der Waals surface area (Å²) in [6, 6.07) is 3.47. The summed E-state index contributed by atoms with van der Waals surface area (Å²) in [7, 11) is 3.37. The molecule has 0 aliphatic heterocycles. The second-order valence-electron chi connectivity index (χ2n) is 4.71. The Morgan fingerprint density at radius 3 is 2.47 bits per heavy atom. The van der Waals surface area contributed by atoms with Crippen LogP contribution in [0.5, 0.6) is 0 Å². The van der Waals surface area contributed by atoms with Gasteiger partial charge in [0.05, 0.1) is 12.1 Å². The molecular formula is C13H20N4O2. The Labute approximate surface area is 113 Å². The van der Waals surface area contributed by atoms with Crippen LogP contribution in [-0.2, 0) is 4.79 Å². The van der Waals surface area contributed by atoms with Crippen LogP contribution in [0.4, 0.5) is 5.82 Å². The highest BCUT2D eigenvalue weighted by Gasteiger charge is 2.08. The number of carbonyl (C=O) groups excluding carboxylic acids is 2. The quantitative estimate of drug-likeness (QED) is 0.822. The molecule has 2 amide bonds. The molecule has 0 aliphatic carbocycles. The number of hydrogen-bond donors (Lipinski definition) is 2. The molecule has 1 rings (SSSR count). The van der Waals surface area contributed by atoms with Gasteiger partial charge in [-0.05, 0) is 26.0 Å². The minimum atomic E-state index is -0.100. The van der Waals surface area contributed by atoms with Crippen LogP contribution in [0, 0.1) is 0 Å². The topological polar surface area (TPSA) is 74.3 Å². The van der Waals surface area contributed by atoms with Crippen molar-refractivity contribution >= 4 is 17.6 Å². The first-order valence-electron chi connectivity index (χ1n) is 6.11. The molecule has 0 aromatic carbocycles. The zero-order valence-electron chi connectivity index (χ0n) is 11.7. The second kappa shape index (κ2) is 6.72. The lowest BCUT2D eigenvalue weighted by atomic mass is 10.2. The van der Waals surface area contributed by atoms with Gasteiger partial charge in [-0.3, -0.25) is 9.59 Å². The van der Waals surface area contributed by atoms with Crippen LogP contribution in [0.15, 0.2) is 18.3 Å². The van der Waals surface area contributed by atoms with Crippen LogP contribution in [0.25, 0.3) is 0 Å². The monoisotopic (exact) mass is 264 g/mol. The smallest absolute Gasteiger partial charge is 0.254 e. The molecule has 0 saturated heterocycles. The normalized spacial score (nSPS) is 10.2. The van der Waals surface area contributed by atoms with Crippen LogP contribution in [0.1, 0.15) is 24.2 Å². The standard InChI is InChI=1S/C13H20N4O2/c1-9(2)16-12(18)8-15-11-6-5-10(7-14-11)13(19)17(3)4/h5-7,9H,8H2,1-4H3,(H,14,15)(H,16,18). The fourth-order valence-corrected chi connectivity index (χ4v) is 1.43. The predicted octanol–water partition coefficient (Wildman–Crippen LogP) is 0.720. The van der Waals surface area contributed by atoms with Crippen molar-refractivity contribution in [2.45, 2.75) is 19.9 Å². The van der Waals surface area contributed by atoms with E-state index in [1.165, 1.54) is 11.1 Å². The molecule has 0 aliphatic rings. The number of rotatable bonds is 5. The first-order chi connectivity index (χ1) is 8.90. The summed E-state index contributed by atoms with van der Waals surface area (Å²) in [6.07, 6.45) is 1.49. The van der Waals surface area contributed by atoms with Crippen LogP contribution < -0.4 is 10.6 Å². The summed E-state index contributed by atoms with van der Waals surface area (Å²) in [4.78, 5) is 28.7. The van der Waals surface area contributed by atoms with Crippen molar-refractivity contribution in [2.75, 3.05) is 26.0 Å². The highest BCUT2D eigenvalue weighted by Crippen LogP contribution is 2.06. The lowest BCUT2D eigenvalue weighted by Gasteiger charge is -2.11. The van der Waals surface area contributed by atoms with Gasteiger partial charge in [-0.2, -0.15) is 0 Å². The van der Waals surface area contributed by atoms with Crippen LogP contribution >= 0.6 is 0 Å². The average Bonchev–Trinajstić information content (AvgIpc) is 2.35. The van der Waals surface area contributed by atoms with Gasteiger partial charge in [0.2, 0.25) is 5.91 Å². The predicted molar refractivity (Wildman–Crippen MR) is 74.0 cm³/mol. The lowest BCUT2D eigenvalue weighted by molar-refractivity contribution is -0.119. The minimum absolute atomic E-state index is 0.0924. The van der Waals surface area contributed by atoms with Crippen molar-refractivity contribution in [2.24, 2.45) is 0 Å². The van der Waals surface area contributed by atoms with Gasteiger partial charge in [0, 0.05) is 26.3 Å². The zero-order valence-corrected chi connectivity index (χ0v) is 11.7. The molecule has 6 nitrogen and oxygen atoms in total. The van der Waals surface area contributed by atoms with E-state index >= 15 is 0 Å². The summed E-state index contributed by atoms with van der Waals surface area (Å²) in [5, 5.41) is 5.66. The number of hydrogen-bond acceptors (Lipinski definition) is 4. The molecule has 2 N–H and O–H groups in total. The number of anilines is 1. The second-order valence-corrected chi connectivity index (χ2v) is 4.71. The van der Waals surface area contributed by atoms with Crippen molar-refractivity contribution in [3.05, 3.63) is 23.9 Å². The Balaban J connectivity index is 2.53. The number of aromatic nitrogens is 1. The molecule has 19 heavy (non-hydrogen) atoms. The van der Waals surface area contributed by atoms with E-state index in [0.717, 1.165) is 0 Å². The number of pyridine rings is 1. The molecule has 0 spiro atoms. The minimum Gasteiger partial charge on any atom is -0.361 e. The van der Waals surface area contributed by atoms with E-state index in [1.807, 2.05) is 13.8 Å². The number of nitrogens with one attached hydrogen (secondary N) is 2. The average molecular weight is 264 g/mol. The summed E-state index contributed by atoms with van der Waals surface area (Å²) in [5.41, 5.74) is 0.516. The van der Waals surface area contributed by atoms with Crippen LogP contribution in [-0.4, -0.2) is 48.4 Å². The van der Waals surface area contributed by atoms with E-state index in [0.29, 0.717) is 11.4 Å². The third-order valence-electron chi connectivity index (χ3n) is 2.30. The summed E-state index contributed by atoms with van der Waals surface area (Å²) < 4.78 is 0. The van der Waals surface area contributed by atoms with Gasteiger partial charge in [0.25, 0.3) is 5.91 Å². The summed E-state index contributed by atoms with van der Waals surface area (Å²) >= 11 is 0. The van der Waals surface area contributed by atoms with E-state index in [4.69, 9.17) is 0 Å². The van der Waals surface area contributed by atoms with Crippen LogP contribution in [0.3, 0.4) is 0 Å². The third-order valence-corrected chi connectivity index (χ3v) is 2.30. The van der Waals surface area contributed by atoms with Gasteiger partial charge in [-0.25, -0.2) is 4.98 Å². The molecule has 0 bridgehead atoms. The molecule has 0 fully saturated rings. The summed E-state index contributed by atoms with van der Waals surface area (Å²) in [5.74, 6) is 0.371. The largest absolute Gasteiger partial charge is 0.361 e. The molecule has 0 atom stereocenters. The molecular weight excluding hydrogens is 244 g/mol.